The minimum Gasteiger partial charge on any atom is -0.497 e. The van der Waals surface area contributed by atoms with Crippen LogP contribution in [0.2, 0.25) is 0 Å². The van der Waals surface area contributed by atoms with Crippen molar-refractivity contribution in [3.8, 4) is 5.75 Å². The maximum atomic E-state index is 12.5. The molecule has 142 valence electrons. The molecular formula is C18H18N2O6S. The second kappa shape index (κ2) is 7.37. The summed E-state index contributed by atoms with van der Waals surface area (Å²) in [4.78, 5) is 24.6. The first-order valence-corrected chi connectivity index (χ1v) is 9.58. The maximum Gasteiger partial charge on any atom is 0.335 e. The van der Waals surface area contributed by atoms with Gasteiger partial charge in [-0.05, 0) is 48.5 Å². The Morgan fingerprint density at radius 2 is 1.78 bits per heavy atom. The van der Waals surface area contributed by atoms with E-state index >= 15 is 0 Å². The molecule has 0 aromatic heterocycles. The molecule has 8 nitrogen and oxygen atoms in total. The van der Waals surface area contributed by atoms with Gasteiger partial charge in [-0.25, -0.2) is 17.9 Å². The third-order valence-corrected chi connectivity index (χ3v) is 5.78. The van der Waals surface area contributed by atoms with E-state index < -0.39 is 22.0 Å². The lowest BCUT2D eigenvalue weighted by molar-refractivity contribution is -0.117. The quantitative estimate of drug-likeness (QED) is 0.772. The summed E-state index contributed by atoms with van der Waals surface area (Å²) in [6.07, 6.45) is 0.0401. The lowest BCUT2D eigenvalue weighted by Gasteiger charge is -2.17. The van der Waals surface area contributed by atoms with Gasteiger partial charge in [0, 0.05) is 24.7 Å². The molecular weight excluding hydrogens is 372 g/mol. The number of nitrogens with zero attached hydrogens (tertiary/aromatic N) is 1. The molecule has 2 aromatic rings. The lowest BCUT2D eigenvalue weighted by atomic mass is 10.2. The zero-order chi connectivity index (χ0) is 19.6. The number of hydrogen-bond acceptors (Lipinski definition) is 5. The number of carboxylic acid groups (broad SMARTS) is 1. The minimum absolute atomic E-state index is 0.00400. The molecule has 0 bridgehead atoms. The Morgan fingerprint density at radius 1 is 1.15 bits per heavy atom. The second-order valence-corrected chi connectivity index (χ2v) is 7.77. The summed E-state index contributed by atoms with van der Waals surface area (Å²) in [5.41, 5.74) is 0.656. The van der Waals surface area contributed by atoms with E-state index in [2.05, 4.69) is 4.72 Å². The first-order valence-electron chi connectivity index (χ1n) is 8.10. The Kier molecular flexibility index (Phi) is 5.15. The van der Waals surface area contributed by atoms with Crippen LogP contribution in [0.15, 0.2) is 53.4 Å². The highest BCUT2D eigenvalue weighted by molar-refractivity contribution is 7.89. The van der Waals surface area contributed by atoms with Crippen LogP contribution in [0.3, 0.4) is 0 Å². The van der Waals surface area contributed by atoms with Crippen LogP contribution in [0.1, 0.15) is 16.8 Å². The van der Waals surface area contributed by atoms with Gasteiger partial charge >= 0.3 is 5.97 Å². The second-order valence-electron chi connectivity index (χ2n) is 6.05. The monoisotopic (exact) mass is 390 g/mol. The van der Waals surface area contributed by atoms with Crippen molar-refractivity contribution in [3.63, 3.8) is 0 Å². The largest absolute Gasteiger partial charge is 0.497 e. The maximum absolute atomic E-state index is 12.5. The fraction of sp³-hybridized carbons (Fsp3) is 0.222. The molecule has 1 saturated heterocycles. The molecule has 0 spiro atoms. The number of amides is 1. The fourth-order valence-electron chi connectivity index (χ4n) is 2.86. The molecule has 1 atom stereocenters. The SMILES string of the molecule is COc1ccc(N2C[C@H](NS(=O)(=O)c3ccc(C(=O)O)cc3)CC2=O)cc1. The van der Waals surface area contributed by atoms with E-state index in [0.29, 0.717) is 11.4 Å². The summed E-state index contributed by atoms with van der Waals surface area (Å²) in [6.45, 7) is 0.206. The molecule has 1 heterocycles. The number of methoxy groups -OCH3 is 1. The number of ether oxygens (including phenoxy) is 1. The van der Waals surface area contributed by atoms with Crippen molar-refractivity contribution < 1.29 is 27.9 Å². The Bertz CT molecular complexity index is 954. The molecule has 2 aromatic carbocycles. The van der Waals surface area contributed by atoms with Crippen LogP contribution in [0, 0.1) is 0 Å². The van der Waals surface area contributed by atoms with E-state index in [1.54, 1.807) is 31.4 Å². The smallest absolute Gasteiger partial charge is 0.335 e. The number of sulfonamides is 1. The van der Waals surface area contributed by atoms with Gasteiger partial charge in [-0.1, -0.05) is 0 Å². The van der Waals surface area contributed by atoms with E-state index in [4.69, 9.17) is 9.84 Å². The van der Waals surface area contributed by atoms with E-state index in [0.717, 1.165) is 0 Å². The highest BCUT2D eigenvalue weighted by atomic mass is 32.2. The number of benzene rings is 2. The molecule has 1 fully saturated rings. The first-order chi connectivity index (χ1) is 12.8. The zero-order valence-electron chi connectivity index (χ0n) is 14.5. The highest BCUT2D eigenvalue weighted by Gasteiger charge is 2.33. The minimum atomic E-state index is -3.87. The van der Waals surface area contributed by atoms with Gasteiger partial charge in [-0.2, -0.15) is 0 Å². The molecule has 0 radical (unpaired) electrons. The van der Waals surface area contributed by atoms with Crippen LogP contribution >= 0.6 is 0 Å². The number of carboxylic acids is 1. The molecule has 1 amide bonds. The summed E-state index contributed by atoms with van der Waals surface area (Å²) >= 11 is 0. The van der Waals surface area contributed by atoms with Crippen molar-refractivity contribution in [3.05, 3.63) is 54.1 Å². The molecule has 0 saturated carbocycles. The Labute approximate surface area is 156 Å². The van der Waals surface area contributed by atoms with Gasteiger partial charge in [0.05, 0.1) is 17.6 Å². The number of nitrogens with one attached hydrogen (secondary N) is 1. The predicted octanol–water partition coefficient (Wildman–Crippen LogP) is 1.48. The van der Waals surface area contributed by atoms with Crippen LogP contribution in [0.5, 0.6) is 5.75 Å². The van der Waals surface area contributed by atoms with E-state index in [9.17, 15) is 18.0 Å². The number of anilines is 1. The van der Waals surface area contributed by atoms with Gasteiger partial charge < -0.3 is 14.7 Å². The van der Waals surface area contributed by atoms with Gasteiger partial charge in [0.1, 0.15) is 5.75 Å². The lowest BCUT2D eigenvalue weighted by Crippen LogP contribution is -2.37. The number of carbonyl (C=O) groups excluding carboxylic acids is 1. The number of rotatable bonds is 6. The third-order valence-electron chi connectivity index (χ3n) is 4.24. The van der Waals surface area contributed by atoms with E-state index in [-0.39, 0.29) is 29.3 Å². The standard InChI is InChI=1S/C18H18N2O6S/c1-26-15-6-4-14(5-7-15)20-11-13(10-17(20)21)19-27(24,25)16-8-2-12(3-9-16)18(22)23/h2-9,13,19H,10-11H2,1H3,(H,22,23)/t13-/m1/s1. The van der Waals surface area contributed by atoms with Gasteiger partial charge in [0.2, 0.25) is 15.9 Å². The summed E-state index contributed by atoms with van der Waals surface area (Å²) < 4.78 is 32.6. The molecule has 3 rings (SSSR count). The topological polar surface area (TPSA) is 113 Å². The van der Waals surface area contributed by atoms with Crippen molar-refractivity contribution in [1.29, 1.82) is 0 Å². The molecule has 27 heavy (non-hydrogen) atoms. The summed E-state index contributed by atoms with van der Waals surface area (Å²) in [6, 6.07) is 11.2. The molecule has 2 N–H and O–H groups in total. The van der Waals surface area contributed by atoms with Gasteiger partial charge in [-0.15, -0.1) is 0 Å². The average Bonchev–Trinajstić information content (AvgIpc) is 3.01. The number of aromatic carboxylic acids is 1. The van der Waals surface area contributed by atoms with Crippen LogP contribution in [-0.4, -0.2) is 45.1 Å². The summed E-state index contributed by atoms with van der Waals surface area (Å²) in [5.74, 6) is -0.662. The van der Waals surface area contributed by atoms with Gasteiger partial charge in [-0.3, -0.25) is 4.79 Å². The van der Waals surface area contributed by atoms with Gasteiger partial charge in [0.15, 0.2) is 0 Å². The van der Waals surface area contributed by atoms with E-state index in [1.165, 1.54) is 29.2 Å². The van der Waals surface area contributed by atoms with Crippen molar-refractivity contribution in [2.45, 2.75) is 17.4 Å². The number of hydrogen-bond donors (Lipinski definition) is 2. The van der Waals surface area contributed by atoms with Crippen LogP contribution in [-0.2, 0) is 14.8 Å². The normalized spacial score (nSPS) is 17.1. The van der Waals surface area contributed by atoms with Crippen molar-refractivity contribution in [1.82, 2.24) is 4.72 Å². The fourth-order valence-corrected chi connectivity index (χ4v) is 4.09. The van der Waals surface area contributed by atoms with E-state index in [1.807, 2.05) is 0 Å². The highest BCUT2D eigenvalue weighted by Crippen LogP contribution is 2.25. The summed E-state index contributed by atoms with van der Waals surface area (Å²) in [5, 5.41) is 8.89. The van der Waals surface area contributed by atoms with Crippen LogP contribution < -0.4 is 14.4 Å². The molecule has 1 aliphatic heterocycles. The average molecular weight is 390 g/mol. The predicted molar refractivity (Wildman–Crippen MR) is 97.5 cm³/mol. The van der Waals surface area contributed by atoms with Crippen molar-refractivity contribution >= 4 is 27.6 Å². The molecule has 0 aliphatic carbocycles. The first kappa shape index (κ1) is 18.9. The Balaban J connectivity index is 1.72. The van der Waals surface area contributed by atoms with Gasteiger partial charge in [0.25, 0.3) is 0 Å². The number of carbonyl (C=O) groups is 2. The molecule has 9 heteroatoms. The molecule has 1 aliphatic rings. The van der Waals surface area contributed by atoms with Crippen molar-refractivity contribution in [2.75, 3.05) is 18.6 Å². The van der Waals surface area contributed by atoms with Crippen LogP contribution in [0.4, 0.5) is 5.69 Å². The van der Waals surface area contributed by atoms with Crippen molar-refractivity contribution in [2.24, 2.45) is 0 Å². The Hall–Kier alpha value is -2.91. The summed E-state index contributed by atoms with van der Waals surface area (Å²) in [7, 11) is -2.32. The molecule has 0 unspecified atom stereocenters. The van der Waals surface area contributed by atoms with Crippen LogP contribution in [0.25, 0.3) is 0 Å². The third kappa shape index (κ3) is 4.09. The zero-order valence-corrected chi connectivity index (χ0v) is 15.3. The Morgan fingerprint density at radius 3 is 2.33 bits per heavy atom.